The van der Waals surface area contributed by atoms with E-state index in [-0.39, 0.29) is 13.3 Å². The minimum atomic E-state index is -0.124. The standard InChI is InChI=1S/C13H13N5O.C8H11N.2C2H6.CH4/c1-9-7-11-15-16-12(18(11)17-9)8-14-13(19)10-5-3-2-4-6-10;1-9-7-8-5-3-2-4-6-8;2*1-2;/h2-7,17H,8H2,1H3,(H,14,19);2-6,9H,7H2,1H3;2*1-2H3;1H4. The number of nitrogens with zero attached hydrogens (tertiary/aromatic N) is 3. The number of benzene rings is 2. The summed E-state index contributed by atoms with van der Waals surface area (Å²) in [5.74, 6) is 0.549. The van der Waals surface area contributed by atoms with Crippen LogP contribution >= 0.6 is 0 Å². The second kappa shape index (κ2) is 17.1. The zero-order valence-electron chi connectivity index (χ0n) is 20.0. The number of fused-ring (bicyclic) bond motifs is 1. The van der Waals surface area contributed by atoms with Gasteiger partial charge in [-0.05, 0) is 31.7 Å². The summed E-state index contributed by atoms with van der Waals surface area (Å²) in [7, 11) is 1.95. The van der Waals surface area contributed by atoms with E-state index >= 15 is 0 Å². The molecule has 3 N–H and O–H groups in total. The topological polar surface area (TPSA) is 87.1 Å². The summed E-state index contributed by atoms with van der Waals surface area (Å²) < 4.78 is 1.76. The number of hydrogen-bond donors (Lipinski definition) is 3. The molecular weight excluding hydrogens is 412 g/mol. The van der Waals surface area contributed by atoms with Crippen LogP contribution in [-0.2, 0) is 13.1 Å². The van der Waals surface area contributed by atoms with Crippen LogP contribution in [0.3, 0.4) is 0 Å². The minimum absolute atomic E-state index is 0. The van der Waals surface area contributed by atoms with Crippen LogP contribution in [-0.4, -0.2) is 32.8 Å². The highest BCUT2D eigenvalue weighted by atomic mass is 16.1. The molecule has 4 aromatic rings. The molecule has 0 aliphatic rings. The third kappa shape index (κ3) is 9.70. The second-order valence-electron chi connectivity index (χ2n) is 6.31. The molecule has 0 bridgehead atoms. The van der Waals surface area contributed by atoms with Crippen molar-refractivity contribution in [3.8, 4) is 0 Å². The van der Waals surface area contributed by atoms with E-state index < -0.39 is 0 Å². The Hall–Kier alpha value is -3.45. The van der Waals surface area contributed by atoms with Crippen LogP contribution in [0.2, 0.25) is 0 Å². The molecule has 0 fully saturated rings. The fraction of sp³-hybridized carbons (Fsp3) is 0.346. The van der Waals surface area contributed by atoms with E-state index in [4.69, 9.17) is 0 Å². The molecule has 0 unspecified atom stereocenters. The largest absolute Gasteiger partial charge is 0.345 e. The number of carbonyl (C=O) groups is 1. The summed E-state index contributed by atoms with van der Waals surface area (Å²) in [4.78, 5) is 11.9. The first-order valence-electron chi connectivity index (χ1n) is 11.1. The molecule has 2 aromatic heterocycles. The molecule has 7 heteroatoms. The van der Waals surface area contributed by atoms with Gasteiger partial charge in [-0.3, -0.25) is 9.89 Å². The Balaban J connectivity index is 0.000000621. The van der Waals surface area contributed by atoms with Crippen LogP contribution in [0.4, 0.5) is 0 Å². The van der Waals surface area contributed by atoms with E-state index in [1.165, 1.54) is 5.56 Å². The Bertz CT molecular complexity index is 1010. The van der Waals surface area contributed by atoms with Gasteiger partial charge in [-0.25, -0.2) is 4.52 Å². The lowest BCUT2D eigenvalue weighted by molar-refractivity contribution is 0.0949. The summed E-state index contributed by atoms with van der Waals surface area (Å²) in [5, 5.41) is 17.1. The number of carbonyl (C=O) groups excluding carboxylic acids is 1. The van der Waals surface area contributed by atoms with Crippen molar-refractivity contribution in [1.29, 1.82) is 0 Å². The highest BCUT2D eigenvalue weighted by molar-refractivity contribution is 5.94. The SMILES string of the molecule is C.CC.CC.CNCc1ccccc1.Cc1cc2nnc(CNC(=O)c3ccccc3)n2[nH]1. The van der Waals surface area contributed by atoms with Crippen LogP contribution in [0, 0.1) is 6.92 Å². The van der Waals surface area contributed by atoms with Crippen molar-refractivity contribution in [2.24, 2.45) is 0 Å². The van der Waals surface area contributed by atoms with Crippen LogP contribution in [0.25, 0.3) is 5.65 Å². The van der Waals surface area contributed by atoms with Gasteiger partial charge in [-0.1, -0.05) is 83.7 Å². The Kier molecular flexibility index (Phi) is 15.4. The molecule has 4 rings (SSSR count). The predicted octanol–water partition coefficient (Wildman–Crippen LogP) is 5.39. The molecule has 33 heavy (non-hydrogen) atoms. The molecule has 0 radical (unpaired) electrons. The van der Waals surface area contributed by atoms with Crippen molar-refractivity contribution >= 4 is 11.6 Å². The first kappa shape index (κ1) is 29.5. The number of aromatic nitrogens is 4. The third-order valence-corrected chi connectivity index (χ3v) is 4.06. The molecule has 0 saturated heterocycles. The van der Waals surface area contributed by atoms with Crippen LogP contribution < -0.4 is 10.6 Å². The maximum atomic E-state index is 11.9. The van der Waals surface area contributed by atoms with E-state index in [0.717, 1.165) is 17.9 Å². The van der Waals surface area contributed by atoms with Crippen LogP contribution in [0.5, 0.6) is 0 Å². The molecule has 180 valence electrons. The third-order valence-electron chi connectivity index (χ3n) is 4.06. The molecule has 0 spiro atoms. The Morgan fingerprint density at radius 2 is 1.48 bits per heavy atom. The smallest absolute Gasteiger partial charge is 0.251 e. The molecule has 0 aliphatic heterocycles. The van der Waals surface area contributed by atoms with Gasteiger partial charge in [-0.2, -0.15) is 0 Å². The van der Waals surface area contributed by atoms with Gasteiger partial charge in [-0.15, -0.1) is 10.2 Å². The monoisotopic (exact) mass is 452 g/mol. The Morgan fingerprint density at radius 3 is 2.06 bits per heavy atom. The Labute approximate surface area is 198 Å². The molecule has 2 heterocycles. The number of rotatable bonds is 5. The van der Waals surface area contributed by atoms with Crippen molar-refractivity contribution in [3.63, 3.8) is 0 Å². The number of aryl methyl sites for hydroxylation is 1. The summed E-state index contributed by atoms with van der Waals surface area (Å²) >= 11 is 0. The van der Waals surface area contributed by atoms with Gasteiger partial charge in [0, 0.05) is 23.9 Å². The van der Waals surface area contributed by atoms with Gasteiger partial charge < -0.3 is 10.6 Å². The normalized spacial score (nSPS) is 9.15. The quantitative estimate of drug-likeness (QED) is 0.379. The lowest BCUT2D eigenvalue weighted by atomic mass is 10.2. The van der Waals surface area contributed by atoms with E-state index in [2.05, 4.69) is 38.1 Å². The van der Waals surface area contributed by atoms with E-state index in [1.54, 1.807) is 16.6 Å². The van der Waals surface area contributed by atoms with Gasteiger partial charge >= 0.3 is 0 Å². The number of amides is 1. The lowest BCUT2D eigenvalue weighted by Gasteiger charge is -2.03. The molecule has 0 aliphatic carbocycles. The summed E-state index contributed by atoms with van der Waals surface area (Å²) in [5.41, 5.74) is 3.72. The number of nitrogens with one attached hydrogen (secondary N) is 3. The Morgan fingerprint density at radius 1 is 0.909 bits per heavy atom. The molecule has 7 nitrogen and oxygen atoms in total. The molecule has 2 aromatic carbocycles. The summed E-state index contributed by atoms with van der Waals surface area (Å²) in [6.45, 7) is 11.2. The van der Waals surface area contributed by atoms with Gasteiger partial charge in [0.05, 0.1) is 6.54 Å². The van der Waals surface area contributed by atoms with Crippen molar-refractivity contribution in [2.45, 2.75) is 55.1 Å². The highest BCUT2D eigenvalue weighted by Gasteiger charge is 2.10. The van der Waals surface area contributed by atoms with E-state index in [1.807, 2.05) is 84.1 Å². The van der Waals surface area contributed by atoms with Crippen molar-refractivity contribution in [2.75, 3.05) is 7.05 Å². The first-order chi connectivity index (χ1) is 15.7. The minimum Gasteiger partial charge on any atom is -0.345 e. The number of aromatic amines is 1. The fourth-order valence-electron chi connectivity index (χ4n) is 2.71. The fourth-order valence-corrected chi connectivity index (χ4v) is 2.71. The maximum Gasteiger partial charge on any atom is 0.251 e. The van der Waals surface area contributed by atoms with Crippen molar-refractivity contribution < 1.29 is 4.79 Å². The van der Waals surface area contributed by atoms with Gasteiger partial charge in [0.15, 0.2) is 11.5 Å². The highest BCUT2D eigenvalue weighted by Crippen LogP contribution is 2.05. The van der Waals surface area contributed by atoms with Crippen molar-refractivity contribution in [1.82, 2.24) is 30.4 Å². The van der Waals surface area contributed by atoms with Crippen LogP contribution in [0.15, 0.2) is 66.7 Å². The molecule has 1 amide bonds. The average Bonchev–Trinajstić information content (AvgIpc) is 3.41. The van der Waals surface area contributed by atoms with E-state index in [9.17, 15) is 4.79 Å². The zero-order chi connectivity index (χ0) is 23.8. The predicted molar refractivity (Wildman–Crippen MR) is 138 cm³/mol. The van der Waals surface area contributed by atoms with Gasteiger partial charge in [0.1, 0.15) is 0 Å². The zero-order valence-corrected chi connectivity index (χ0v) is 20.0. The second-order valence-corrected chi connectivity index (χ2v) is 6.31. The van der Waals surface area contributed by atoms with Gasteiger partial charge in [0.2, 0.25) is 0 Å². The molecular formula is C26H40N6O. The van der Waals surface area contributed by atoms with Crippen molar-refractivity contribution in [3.05, 3.63) is 89.4 Å². The maximum absolute atomic E-state index is 11.9. The summed E-state index contributed by atoms with van der Waals surface area (Å²) in [6, 6.07) is 21.3. The van der Waals surface area contributed by atoms with E-state index in [0.29, 0.717) is 17.9 Å². The molecule has 0 saturated carbocycles. The number of hydrogen-bond acceptors (Lipinski definition) is 4. The summed E-state index contributed by atoms with van der Waals surface area (Å²) in [6.07, 6.45) is 0. The van der Waals surface area contributed by atoms with Crippen LogP contribution in [0.1, 0.15) is 62.6 Å². The lowest BCUT2D eigenvalue weighted by Crippen LogP contribution is -2.24. The number of H-pyrrole nitrogens is 1. The average molecular weight is 453 g/mol. The molecule has 0 atom stereocenters. The first-order valence-corrected chi connectivity index (χ1v) is 11.1. The van der Waals surface area contributed by atoms with Gasteiger partial charge in [0.25, 0.3) is 5.91 Å².